The Morgan fingerprint density at radius 1 is 1.40 bits per heavy atom. The van der Waals surface area contributed by atoms with E-state index >= 15 is 0 Å². The van der Waals surface area contributed by atoms with Crippen molar-refractivity contribution in [1.29, 1.82) is 0 Å². The summed E-state index contributed by atoms with van der Waals surface area (Å²) in [4.78, 5) is 0. The second kappa shape index (κ2) is 7.58. The Morgan fingerprint density at radius 3 is 3.00 bits per heavy atom. The van der Waals surface area contributed by atoms with Crippen LogP contribution in [-0.4, -0.2) is 30.5 Å². The van der Waals surface area contributed by atoms with E-state index in [9.17, 15) is 0 Å². The van der Waals surface area contributed by atoms with Gasteiger partial charge in [-0.25, -0.2) is 0 Å². The third-order valence-electron chi connectivity index (χ3n) is 2.40. The van der Waals surface area contributed by atoms with Crippen LogP contribution in [0.3, 0.4) is 0 Å². The van der Waals surface area contributed by atoms with Crippen LogP contribution >= 0.6 is 27.5 Å². The Hall–Kier alpha value is -1.15. The molecule has 0 saturated heterocycles. The summed E-state index contributed by atoms with van der Waals surface area (Å²) in [5, 5.41) is 14.6. The molecule has 0 unspecified atom stereocenters. The summed E-state index contributed by atoms with van der Waals surface area (Å²) in [6.45, 7) is 1.87. The van der Waals surface area contributed by atoms with Gasteiger partial charge in [-0.05, 0) is 34.1 Å². The molecule has 1 heterocycles. The summed E-state index contributed by atoms with van der Waals surface area (Å²) in [6, 6.07) is 5.77. The molecule has 0 spiro atoms. The first-order valence-corrected chi connectivity index (χ1v) is 7.10. The predicted molar refractivity (Wildman–Crippen MR) is 80.3 cm³/mol. The lowest BCUT2D eigenvalue weighted by molar-refractivity contribution is 0.198. The van der Waals surface area contributed by atoms with Gasteiger partial charge in [0.15, 0.2) is 0 Å². The molecule has 0 amide bonds. The number of anilines is 2. The van der Waals surface area contributed by atoms with E-state index in [2.05, 4.69) is 36.8 Å². The molecule has 108 valence electrons. The van der Waals surface area contributed by atoms with Crippen LogP contribution in [0.5, 0.6) is 0 Å². The number of methoxy groups -OCH3 is 1. The number of rotatable bonds is 7. The van der Waals surface area contributed by atoms with Crippen LogP contribution in [0.25, 0.3) is 0 Å². The maximum atomic E-state index is 5.93. The van der Waals surface area contributed by atoms with Gasteiger partial charge in [-0.15, -0.1) is 5.10 Å². The largest absolute Gasteiger partial charge is 0.406 e. The number of halogens is 2. The minimum atomic E-state index is 0.336. The third kappa shape index (κ3) is 4.45. The zero-order valence-electron chi connectivity index (χ0n) is 10.8. The number of hydrogen-bond acceptors (Lipinski definition) is 6. The second-order valence-corrected chi connectivity index (χ2v) is 5.19. The molecule has 0 saturated carbocycles. The number of nitrogens with zero attached hydrogens (tertiary/aromatic N) is 2. The molecule has 2 rings (SSSR count). The average molecular weight is 362 g/mol. The zero-order valence-corrected chi connectivity index (χ0v) is 13.2. The van der Waals surface area contributed by atoms with Crippen LogP contribution in [-0.2, 0) is 11.3 Å². The standard InChI is InChI=1S/C12H14BrClN4O2/c1-19-5-4-15-7-11-17-18-12(20-11)16-8-2-3-10(14)9(13)6-8/h2-3,6,15H,4-5,7H2,1H3,(H,16,18). The van der Waals surface area contributed by atoms with Crippen molar-refractivity contribution in [2.24, 2.45) is 0 Å². The predicted octanol–water partition coefficient (Wildman–Crippen LogP) is 2.97. The number of nitrogens with one attached hydrogen (secondary N) is 2. The van der Waals surface area contributed by atoms with E-state index in [0.717, 1.165) is 16.7 Å². The summed E-state index contributed by atoms with van der Waals surface area (Å²) >= 11 is 9.28. The van der Waals surface area contributed by atoms with Crippen molar-refractivity contribution in [2.75, 3.05) is 25.6 Å². The number of hydrogen-bond donors (Lipinski definition) is 2. The Morgan fingerprint density at radius 2 is 2.25 bits per heavy atom. The molecule has 0 aliphatic heterocycles. The molecule has 2 N–H and O–H groups in total. The molecular weight excluding hydrogens is 348 g/mol. The fourth-order valence-electron chi connectivity index (χ4n) is 1.44. The van der Waals surface area contributed by atoms with Crippen molar-refractivity contribution in [3.63, 3.8) is 0 Å². The SMILES string of the molecule is COCCNCc1nnc(Nc2ccc(Cl)c(Br)c2)o1. The maximum Gasteiger partial charge on any atom is 0.320 e. The van der Waals surface area contributed by atoms with Gasteiger partial charge in [-0.1, -0.05) is 16.7 Å². The molecule has 2 aromatic rings. The smallest absolute Gasteiger partial charge is 0.320 e. The van der Waals surface area contributed by atoms with Gasteiger partial charge in [-0.3, -0.25) is 0 Å². The Bertz CT molecular complexity index is 564. The average Bonchev–Trinajstić information content (AvgIpc) is 2.87. The van der Waals surface area contributed by atoms with E-state index in [0.29, 0.717) is 30.1 Å². The molecule has 1 aromatic heterocycles. The van der Waals surface area contributed by atoms with Crippen LogP contribution in [0.4, 0.5) is 11.7 Å². The first-order chi connectivity index (χ1) is 9.69. The van der Waals surface area contributed by atoms with Gasteiger partial charge >= 0.3 is 6.01 Å². The van der Waals surface area contributed by atoms with E-state index in [1.807, 2.05) is 12.1 Å². The quantitative estimate of drug-likeness (QED) is 0.739. The Balaban J connectivity index is 1.90. The van der Waals surface area contributed by atoms with E-state index < -0.39 is 0 Å². The normalized spacial score (nSPS) is 10.8. The monoisotopic (exact) mass is 360 g/mol. The van der Waals surface area contributed by atoms with E-state index in [4.69, 9.17) is 20.8 Å². The molecule has 6 nitrogen and oxygen atoms in total. The molecule has 0 aliphatic rings. The second-order valence-electron chi connectivity index (χ2n) is 3.92. The van der Waals surface area contributed by atoms with Crippen LogP contribution in [0.15, 0.2) is 27.1 Å². The summed E-state index contributed by atoms with van der Waals surface area (Å²) < 4.78 is 11.2. The number of aromatic nitrogens is 2. The summed E-state index contributed by atoms with van der Waals surface area (Å²) in [6.07, 6.45) is 0. The van der Waals surface area contributed by atoms with Crippen LogP contribution in [0, 0.1) is 0 Å². The lowest BCUT2D eigenvalue weighted by Crippen LogP contribution is -2.18. The van der Waals surface area contributed by atoms with Crippen LogP contribution < -0.4 is 10.6 Å². The molecule has 8 heteroatoms. The fraction of sp³-hybridized carbons (Fsp3) is 0.333. The highest BCUT2D eigenvalue weighted by Crippen LogP contribution is 2.26. The maximum absolute atomic E-state index is 5.93. The Labute approximate surface area is 130 Å². The summed E-state index contributed by atoms with van der Waals surface area (Å²) in [7, 11) is 1.65. The van der Waals surface area contributed by atoms with E-state index in [1.54, 1.807) is 13.2 Å². The third-order valence-corrected chi connectivity index (χ3v) is 3.61. The van der Waals surface area contributed by atoms with Crippen LogP contribution in [0.2, 0.25) is 5.02 Å². The van der Waals surface area contributed by atoms with Crippen molar-refractivity contribution in [2.45, 2.75) is 6.54 Å². The highest BCUT2D eigenvalue weighted by atomic mass is 79.9. The van der Waals surface area contributed by atoms with Crippen molar-refractivity contribution < 1.29 is 9.15 Å². The van der Waals surface area contributed by atoms with Crippen molar-refractivity contribution in [3.8, 4) is 0 Å². The molecule has 0 bridgehead atoms. The summed E-state index contributed by atoms with van der Waals surface area (Å²) in [5.74, 6) is 0.511. The lowest BCUT2D eigenvalue weighted by Gasteiger charge is -2.03. The van der Waals surface area contributed by atoms with E-state index in [1.165, 1.54) is 0 Å². The number of benzene rings is 1. The van der Waals surface area contributed by atoms with Crippen molar-refractivity contribution >= 4 is 39.2 Å². The molecule has 0 aliphatic carbocycles. The van der Waals surface area contributed by atoms with Crippen LogP contribution in [0.1, 0.15) is 5.89 Å². The first kappa shape index (κ1) is 15.2. The number of ether oxygens (including phenoxy) is 1. The summed E-state index contributed by atoms with van der Waals surface area (Å²) in [5.41, 5.74) is 0.809. The van der Waals surface area contributed by atoms with Gasteiger partial charge in [0.05, 0.1) is 18.2 Å². The fourth-order valence-corrected chi connectivity index (χ4v) is 1.94. The van der Waals surface area contributed by atoms with E-state index in [-0.39, 0.29) is 0 Å². The lowest BCUT2D eigenvalue weighted by atomic mass is 10.3. The van der Waals surface area contributed by atoms with Gasteiger partial charge in [0.2, 0.25) is 5.89 Å². The first-order valence-electron chi connectivity index (χ1n) is 5.93. The van der Waals surface area contributed by atoms with Gasteiger partial charge in [0.25, 0.3) is 0 Å². The molecule has 0 fully saturated rings. The highest BCUT2D eigenvalue weighted by molar-refractivity contribution is 9.10. The minimum Gasteiger partial charge on any atom is -0.406 e. The molecule has 1 aromatic carbocycles. The molecule has 0 atom stereocenters. The molecule has 20 heavy (non-hydrogen) atoms. The minimum absolute atomic E-state index is 0.336. The Kier molecular flexibility index (Phi) is 5.78. The molecule has 0 radical (unpaired) electrons. The van der Waals surface area contributed by atoms with Gasteiger partial charge in [-0.2, -0.15) is 0 Å². The van der Waals surface area contributed by atoms with Crippen molar-refractivity contribution in [3.05, 3.63) is 33.6 Å². The molecular formula is C12H14BrClN4O2. The zero-order chi connectivity index (χ0) is 14.4. The van der Waals surface area contributed by atoms with Gasteiger partial charge in [0.1, 0.15) is 0 Å². The van der Waals surface area contributed by atoms with Gasteiger partial charge < -0.3 is 19.8 Å². The van der Waals surface area contributed by atoms with Crippen molar-refractivity contribution in [1.82, 2.24) is 15.5 Å². The topological polar surface area (TPSA) is 72.2 Å². The van der Waals surface area contributed by atoms with Gasteiger partial charge in [0, 0.05) is 23.8 Å². The highest BCUT2D eigenvalue weighted by Gasteiger charge is 2.06.